The predicted octanol–water partition coefficient (Wildman–Crippen LogP) is 11.0. The molecule has 7 aromatic carbocycles. The Kier molecular flexibility index (Phi) is 5.92. The minimum Gasteiger partial charge on any atom is -0.457 e. The number of aryl methyl sites for hydroxylation is 1. The zero-order valence-corrected chi connectivity index (χ0v) is 26.7. The van der Waals surface area contributed by atoms with E-state index >= 15 is 0 Å². The van der Waals surface area contributed by atoms with Crippen molar-refractivity contribution in [1.82, 2.24) is 9.97 Å². The third kappa shape index (κ3) is 3.98. The molecule has 0 saturated heterocycles. The van der Waals surface area contributed by atoms with Crippen molar-refractivity contribution in [1.29, 1.82) is 0 Å². The van der Waals surface area contributed by atoms with Gasteiger partial charge >= 0.3 is 0 Å². The van der Waals surface area contributed by atoms with Crippen molar-refractivity contribution in [2.75, 3.05) is 0 Å². The van der Waals surface area contributed by atoms with Gasteiger partial charge in [-0.2, -0.15) is 0 Å². The maximum Gasteiger partial charge on any atom is 0.160 e. The highest BCUT2D eigenvalue weighted by Crippen LogP contribution is 2.63. The van der Waals surface area contributed by atoms with Gasteiger partial charge in [0.2, 0.25) is 0 Å². The van der Waals surface area contributed by atoms with Gasteiger partial charge in [0.05, 0.1) is 16.6 Å². The number of hydrogen-bond donors (Lipinski definition) is 0. The zero-order valence-electron chi connectivity index (χ0n) is 26.7. The molecule has 0 radical (unpaired) electrons. The first-order valence-corrected chi connectivity index (χ1v) is 16.6. The van der Waals surface area contributed by atoms with Crippen LogP contribution in [0.25, 0.3) is 55.8 Å². The topological polar surface area (TPSA) is 35.0 Å². The van der Waals surface area contributed by atoms with E-state index < -0.39 is 5.41 Å². The van der Waals surface area contributed by atoms with Crippen molar-refractivity contribution in [2.45, 2.75) is 12.3 Å². The lowest BCUT2D eigenvalue weighted by molar-refractivity contribution is 0.436. The Morgan fingerprint density at radius 2 is 1.18 bits per heavy atom. The van der Waals surface area contributed by atoms with E-state index in [9.17, 15) is 0 Å². The van der Waals surface area contributed by atoms with Crippen LogP contribution in [0.15, 0.2) is 152 Å². The molecule has 0 atom stereocenters. The van der Waals surface area contributed by atoms with Crippen molar-refractivity contribution in [2.24, 2.45) is 0 Å². The number of ether oxygens (including phenoxy) is 1. The van der Waals surface area contributed by atoms with Crippen LogP contribution in [0.5, 0.6) is 11.5 Å². The van der Waals surface area contributed by atoms with Gasteiger partial charge in [0.1, 0.15) is 11.5 Å². The van der Waals surface area contributed by atoms with Crippen LogP contribution in [0, 0.1) is 19.1 Å². The van der Waals surface area contributed by atoms with Crippen LogP contribution in [-0.2, 0) is 5.41 Å². The highest BCUT2D eigenvalue weighted by Gasteiger charge is 2.52. The number of fused-ring (bicyclic) bond motifs is 10. The second-order valence-electron chi connectivity index (χ2n) is 12.8. The van der Waals surface area contributed by atoms with Crippen LogP contribution in [0.1, 0.15) is 27.8 Å². The average Bonchev–Trinajstić information content (AvgIpc) is 3.45. The lowest BCUT2D eigenvalue weighted by Gasteiger charge is -2.39. The molecule has 1 spiro atoms. The Morgan fingerprint density at radius 1 is 0.531 bits per heavy atom. The fraction of sp³-hybridized carbons (Fsp3) is 0.0435. The summed E-state index contributed by atoms with van der Waals surface area (Å²) in [5, 5.41) is 1.04. The Bertz CT molecular complexity index is 2540. The Hall–Kier alpha value is -6.50. The van der Waals surface area contributed by atoms with Gasteiger partial charge in [0, 0.05) is 33.2 Å². The molecule has 2 aliphatic rings. The molecule has 49 heavy (non-hydrogen) atoms. The molecule has 3 nitrogen and oxygen atoms in total. The van der Waals surface area contributed by atoms with E-state index in [0.717, 1.165) is 67.0 Å². The van der Waals surface area contributed by atoms with Crippen LogP contribution in [0.3, 0.4) is 0 Å². The molecule has 0 N–H and O–H groups in total. The number of para-hydroxylation sites is 3. The van der Waals surface area contributed by atoms with Crippen LogP contribution in [0.2, 0.25) is 0 Å². The van der Waals surface area contributed by atoms with Crippen LogP contribution < -0.4 is 4.74 Å². The predicted molar refractivity (Wildman–Crippen MR) is 196 cm³/mol. The molecular weight excluding hydrogens is 597 g/mol. The summed E-state index contributed by atoms with van der Waals surface area (Å²) < 4.78 is 6.56. The summed E-state index contributed by atoms with van der Waals surface area (Å²) >= 11 is 0. The number of aromatic nitrogens is 2. The van der Waals surface area contributed by atoms with Crippen LogP contribution in [0.4, 0.5) is 0 Å². The molecule has 0 bridgehead atoms. The molecule has 228 valence electrons. The van der Waals surface area contributed by atoms with E-state index in [-0.39, 0.29) is 0 Å². The van der Waals surface area contributed by atoms with Crippen molar-refractivity contribution >= 4 is 10.9 Å². The minimum absolute atomic E-state index is 0.623. The Labute approximate surface area is 285 Å². The van der Waals surface area contributed by atoms with Crippen LogP contribution in [-0.4, -0.2) is 9.97 Å². The van der Waals surface area contributed by atoms with Crippen molar-refractivity contribution in [3.8, 4) is 56.4 Å². The summed E-state index contributed by atoms with van der Waals surface area (Å²) in [6, 6.07) is 60.2. The molecule has 10 rings (SSSR count). The first-order valence-electron chi connectivity index (χ1n) is 16.6. The summed E-state index contributed by atoms with van der Waals surface area (Å²) in [5.41, 5.74) is 13.6. The normalized spacial score (nSPS) is 13.2. The lowest BCUT2D eigenvalue weighted by Crippen LogP contribution is -2.32. The maximum absolute atomic E-state index is 6.56. The largest absolute Gasteiger partial charge is 0.457 e. The molecule has 2 heterocycles. The molecule has 0 unspecified atom stereocenters. The molecule has 8 aromatic rings. The van der Waals surface area contributed by atoms with E-state index in [4.69, 9.17) is 14.7 Å². The zero-order chi connectivity index (χ0) is 32.5. The molecular formula is C46H28N2O. The quantitative estimate of drug-likeness (QED) is 0.196. The number of rotatable bonds is 3. The second kappa shape index (κ2) is 10.5. The van der Waals surface area contributed by atoms with E-state index in [1.54, 1.807) is 0 Å². The van der Waals surface area contributed by atoms with Gasteiger partial charge in [-0.05, 0) is 64.6 Å². The van der Waals surface area contributed by atoms with Crippen LogP contribution >= 0.6 is 0 Å². The number of benzene rings is 6. The number of hydrogen-bond acceptors (Lipinski definition) is 3. The van der Waals surface area contributed by atoms with E-state index in [0.29, 0.717) is 5.82 Å². The molecule has 0 saturated carbocycles. The second-order valence-corrected chi connectivity index (χ2v) is 12.8. The fourth-order valence-electron chi connectivity index (χ4n) is 7.96. The van der Waals surface area contributed by atoms with Crippen molar-refractivity contribution in [3.63, 3.8) is 0 Å². The summed E-state index contributed by atoms with van der Waals surface area (Å²) in [5.74, 6) is 2.43. The lowest BCUT2D eigenvalue weighted by atomic mass is 9.65. The van der Waals surface area contributed by atoms with Crippen molar-refractivity contribution in [3.05, 3.63) is 192 Å². The third-order valence-corrected chi connectivity index (χ3v) is 10.0. The fourth-order valence-corrected chi connectivity index (χ4v) is 7.96. The molecule has 1 aliphatic carbocycles. The van der Waals surface area contributed by atoms with Gasteiger partial charge in [0.25, 0.3) is 0 Å². The minimum atomic E-state index is -0.623. The number of nitrogens with zero attached hydrogens (tertiary/aromatic N) is 2. The highest BCUT2D eigenvalue weighted by molar-refractivity contribution is 5.95. The smallest absolute Gasteiger partial charge is 0.160 e. The summed E-state index contributed by atoms with van der Waals surface area (Å²) in [4.78, 5) is 10.1. The molecule has 0 fully saturated rings. The van der Waals surface area contributed by atoms with E-state index in [1.165, 1.54) is 22.3 Å². The molecule has 1 aromatic heterocycles. The maximum atomic E-state index is 6.56. The SMILES string of the molecule is Cc1c#cc2c(c1)-c1cccc(-c3ccc(-c4nc(-c5ccccc5)c5ccccc5n4)cc3)c1C21c2ccccc2Oc2ccccc21. The van der Waals surface area contributed by atoms with Gasteiger partial charge in [-0.25, -0.2) is 9.97 Å². The summed E-state index contributed by atoms with van der Waals surface area (Å²) in [7, 11) is 0. The average molecular weight is 625 g/mol. The molecule has 1 aliphatic heterocycles. The first kappa shape index (κ1) is 27.6. The first-order chi connectivity index (χ1) is 24.2. The molecule has 0 amide bonds. The van der Waals surface area contributed by atoms with Gasteiger partial charge in [0.15, 0.2) is 5.82 Å². The van der Waals surface area contributed by atoms with E-state index in [2.05, 4.69) is 140 Å². The Balaban J connectivity index is 1.19. The third-order valence-electron chi connectivity index (χ3n) is 10.0. The summed E-state index contributed by atoms with van der Waals surface area (Å²) in [6.07, 6.45) is 0. The van der Waals surface area contributed by atoms with E-state index in [1.807, 2.05) is 30.3 Å². The Morgan fingerprint density at radius 3 is 1.96 bits per heavy atom. The summed E-state index contributed by atoms with van der Waals surface area (Å²) in [6.45, 7) is 2.09. The van der Waals surface area contributed by atoms with Gasteiger partial charge in [-0.3, -0.25) is 0 Å². The molecule has 3 heteroatoms. The standard InChI is InChI=1S/C46H28N2O/c1-29-22-27-37-36(28-29)34-16-11-15-33(43(34)46(37)38-17-6-9-20-41(38)49-42-21-10-7-18-39(42)46)30-23-25-32(26-24-30)45-47-40-19-8-5-14-35(40)44(48-45)31-12-3-2-4-13-31/h2-21,23-26,28H,1H3. The van der Waals surface area contributed by atoms with Gasteiger partial charge in [-0.1, -0.05) is 140 Å². The van der Waals surface area contributed by atoms with Gasteiger partial charge in [-0.15, -0.1) is 0 Å². The highest BCUT2D eigenvalue weighted by atomic mass is 16.5. The van der Waals surface area contributed by atoms with Gasteiger partial charge < -0.3 is 4.74 Å². The monoisotopic (exact) mass is 624 g/mol. The van der Waals surface area contributed by atoms with Crippen molar-refractivity contribution < 1.29 is 4.74 Å².